The van der Waals surface area contributed by atoms with E-state index >= 15 is 0 Å². The number of hydrogen-bond acceptors (Lipinski definition) is 4. The van der Waals surface area contributed by atoms with Gasteiger partial charge in [-0.05, 0) is 18.1 Å². The zero-order chi connectivity index (χ0) is 12.4. The van der Waals surface area contributed by atoms with E-state index in [0.717, 1.165) is 23.4 Å². The number of fused-ring (bicyclic) bond motifs is 1. The fourth-order valence-electron chi connectivity index (χ4n) is 1.94. The summed E-state index contributed by atoms with van der Waals surface area (Å²) in [6.07, 6.45) is 0.943. The third kappa shape index (κ3) is 2.83. The van der Waals surface area contributed by atoms with Crippen LogP contribution in [0.2, 0.25) is 0 Å². The Balaban J connectivity index is 2.03. The molecule has 2 heterocycles. The number of rotatable bonds is 4. The highest BCUT2D eigenvalue weighted by atomic mass is 32.1. The predicted octanol–water partition coefficient (Wildman–Crippen LogP) is 1.28. The second kappa shape index (κ2) is 4.85. The molecule has 0 aliphatic carbocycles. The number of hydrogen-bond donors (Lipinski definition) is 2. The van der Waals surface area contributed by atoms with Crippen molar-refractivity contribution in [2.75, 3.05) is 13.1 Å². The Morgan fingerprint density at radius 1 is 1.41 bits per heavy atom. The van der Waals surface area contributed by atoms with Crippen molar-refractivity contribution >= 4 is 23.3 Å². The molecule has 0 saturated carbocycles. The lowest BCUT2D eigenvalue weighted by molar-refractivity contribution is -0.137. The number of nitrogens with zero attached hydrogens (tertiary/aromatic N) is 1. The van der Waals surface area contributed by atoms with E-state index in [1.807, 2.05) is 0 Å². The molecule has 0 radical (unpaired) electrons. The first-order chi connectivity index (χ1) is 8.06. The smallest absolute Gasteiger partial charge is 0.345 e. The minimum Gasteiger partial charge on any atom is -0.481 e. The third-order valence-electron chi connectivity index (χ3n) is 2.80. The van der Waals surface area contributed by atoms with Crippen LogP contribution in [0.3, 0.4) is 0 Å². The van der Waals surface area contributed by atoms with Crippen molar-refractivity contribution in [2.45, 2.75) is 19.4 Å². The molecule has 1 aliphatic heterocycles. The SMILES string of the molecule is O=C(O)CCN1CCc2sc(C(=O)O)cc2C1. The van der Waals surface area contributed by atoms with E-state index in [0.29, 0.717) is 18.0 Å². The number of thiophene rings is 1. The van der Waals surface area contributed by atoms with Gasteiger partial charge in [-0.15, -0.1) is 11.3 Å². The molecular weight excluding hydrogens is 242 g/mol. The van der Waals surface area contributed by atoms with Crippen LogP contribution in [-0.4, -0.2) is 40.1 Å². The summed E-state index contributed by atoms with van der Waals surface area (Å²) in [5.74, 6) is -1.69. The van der Waals surface area contributed by atoms with Crippen molar-refractivity contribution in [1.29, 1.82) is 0 Å². The molecule has 17 heavy (non-hydrogen) atoms. The van der Waals surface area contributed by atoms with Crippen molar-refractivity contribution in [1.82, 2.24) is 4.90 Å². The van der Waals surface area contributed by atoms with Crippen molar-refractivity contribution in [3.05, 3.63) is 21.4 Å². The van der Waals surface area contributed by atoms with E-state index in [9.17, 15) is 9.59 Å². The molecule has 0 amide bonds. The van der Waals surface area contributed by atoms with E-state index in [-0.39, 0.29) is 6.42 Å². The topological polar surface area (TPSA) is 77.8 Å². The standard InChI is InChI=1S/C11H13NO4S/c13-10(14)2-4-12-3-1-8-7(6-12)5-9(17-8)11(15)16/h5H,1-4,6H2,(H,13,14)(H,15,16). The van der Waals surface area contributed by atoms with Crippen molar-refractivity contribution in [3.8, 4) is 0 Å². The molecule has 0 bridgehead atoms. The number of carbonyl (C=O) groups is 2. The Hall–Kier alpha value is -1.40. The quantitative estimate of drug-likeness (QED) is 0.847. The summed E-state index contributed by atoms with van der Waals surface area (Å²) in [5.41, 5.74) is 1.03. The minimum absolute atomic E-state index is 0.130. The highest BCUT2D eigenvalue weighted by Gasteiger charge is 2.21. The molecule has 92 valence electrons. The Kier molecular flexibility index (Phi) is 3.44. The summed E-state index contributed by atoms with van der Waals surface area (Å²) in [7, 11) is 0. The highest BCUT2D eigenvalue weighted by molar-refractivity contribution is 7.14. The van der Waals surface area contributed by atoms with Gasteiger partial charge in [0.05, 0.1) is 6.42 Å². The zero-order valence-corrected chi connectivity index (χ0v) is 10.00. The van der Waals surface area contributed by atoms with Crippen LogP contribution in [0.5, 0.6) is 0 Å². The Morgan fingerprint density at radius 2 is 2.18 bits per heavy atom. The van der Waals surface area contributed by atoms with Gasteiger partial charge in [-0.3, -0.25) is 9.69 Å². The molecule has 1 aromatic rings. The zero-order valence-electron chi connectivity index (χ0n) is 9.18. The summed E-state index contributed by atoms with van der Waals surface area (Å²) in [5, 5.41) is 17.5. The predicted molar refractivity (Wildman–Crippen MR) is 62.5 cm³/mol. The van der Waals surface area contributed by atoms with Crippen LogP contribution >= 0.6 is 11.3 Å². The van der Waals surface area contributed by atoms with Gasteiger partial charge in [-0.25, -0.2) is 4.79 Å². The minimum atomic E-state index is -0.888. The first-order valence-electron chi connectivity index (χ1n) is 5.35. The van der Waals surface area contributed by atoms with Crippen molar-refractivity contribution < 1.29 is 19.8 Å². The maximum atomic E-state index is 10.8. The molecule has 0 saturated heterocycles. The molecule has 0 spiro atoms. The Morgan fingerprint density at radius 3 is 2.82 bits per heavy atom. The molecule has 1 aromatic heterocycles. The fraction of sp³-hybridized carbons (Fsp3) is 0.455. The van der Waals surface area contributed by atoms with Gasteiger partial charge in [-0.2, -0.15) is 0 Å². The van der Waals surface area contributed by atoms with Crippen molar-refractivity contribution in [3.63, 3.8) is 0 Å². The molecule has 2 rings (SSSR count). The normalized spacial score (nSPS) is 15.5. The molecule has 2 N–H and O–H groups in total. The molecule has 1 aliphatic rings. The van der Waals surface area contributed by atoms with Crippen LogP contribution in [0.4, 0.5) is 0 Å². The molecule has 6 heteroatoms. The van der Waals surface area contributed by atoms with Gasteiger partial charge in [0, 0.05) is 24.5 Å². The molecule has 0 unspecified atom stereocenters. The molecule has 5 nitrogen and oxygen atoms in total. The second-order valence-electron chi connectivity index (χ2n) is 4.03. The van der Waals surface area contributed by atoms with Gasteiger partial charge in [-0.1, -0.05) is 0 Å². The van der Waals surface area contributed by atoms with Gasteiger partial charge in [0.2, 0.25) is 0 Å². The lowest BCUT2D eigenvalue weighted by atomic mass is 10.1. The summed E-state index contributed by atoms with van der Waals surface area (Å²) in [6.45, 7) is 1.99. The summed E-state index contributed by atoms with van der Waals surface area (Å²) >= 11 is 1.33. The third-order valence-corrected chi connectivity index (χ3v) is 4.02. The van der Waals surface area contributed by atoms with Crippen LogP contribution in [0, 0.1) is 0 Å². The van der Waals surface area contributed by atoms with E-state index in [4.69, 9.17) is 10.2 Å². The first kappa shape index (κ1) is 12.1. The summed E-state index contributed by atoms with van der Waals surface area (Å²) in [6, 6.07) is 1.70. The lowest BCUT2D eigenvalue weighted by Crippen LogP contribution is -2.31. The highest BCUT2D eigenvalue weighted by Crippen LogP contribution is 2.28. The van der Waals surface area contributed by atoms with Gasteiger partial charge in [0.1, 0.15) is 4.88 Å². The average molecular weight is 255 g/mol. The summed E-state index contributed by atoms with van der Waals surface area (Å²) < 4.78 is 0. The van der Waals surface area contributed by atoms with Gasteiger partial charge in [0.15, 0.2) is 0 Å². The van der Waals surface area contributed by atoms with Crippen LogP contribution in [0.1, 0.15) is 26.5 Å². The van der Waals surface area contributed by atoms with Gasteiger partial charge >= 0.3 is 11.9 Å². The molecular formula is C11H13NO4S. The monoisotopic (exact) mass is 255 g/mol. The fourth-order valence-corrected chi connectivity index (χ4v) is 2.94. The van der Waals surface area contributed by atoms with Crippen molar-refractivity contribution in [2.24, 2.45) is 0 Å². The van der Waals surface area contributed by atoms with Crippen LogP contribution in [-0.2, 0) is 17.8 Å². The first-order valence-corrected chi connectivity index (χ1v) is 6.17. The van der Waals surface area contributed by atoms with E-state index in [1.54, 1.807) is 6.07 Å². The number of carboxylic acid groups (broad SMARTS) is 2. The molecule has 0 atom stereocenters. The number of carboxylic acids is 2. The van der Waals surface area contributed by atoms with E-state index in [2.05, 4.69) is 4.90 Å². The van der Waals surface area contributed by atoms with Crippen LogP contribution in [0.15, 0.2) is 6.07 Å². The second-order valence-corrected chi connectivity index (χ2v) is 5.17. The maximum absolute atomic E-state index is 10.8. The van der Waals surface area contributed by atoms with Gasteiger partial charge in [0.25, 0.3) is 0 Å². The largest absolute Gasteiger partial charge is 0.481 e. The number of aromatic carboxylic acids is 1. The number of aliphatic carboxylic acids is 1. The van der Waals surface area contributed by atoms with Crippen LogP contribution < -0.4 is 0 Å². The lowest BCUT2D eigenvalue weighted by Gasteiger charge is -2.25. The van der Waals surface area contributed by atoms with E-state index < -0.39 is 11.9 Å². The molecule has 0 fully saturated rings. The summed E-state index contributed by atoms with van der Waals surface area (Å²) in [4.78, 5) is 24.9. The molecule has 0 aromatic carbocycles. The Bertz CT molecular complexity index is 454. The maximum Gasteiger partial charge on any atom is 0.345 e. The Labute approximate surface area is 102 Å². The van der Waals surface area contributed by atoms with Gasteiger partial charge < -0.3 is 10.2 Å². The van der Waals surface area contributed by atoms with Crippen LogP contribution in [0.25, 0.3) is 0 Å². The average Bonchev–Trinajstić information content (AvgIpc) is 2.69. The van der Waals surface area contributed by atoms with E-state index in [1.165, 1.54) is 11.3 Å².